The molecule has 4 rings (SSSR count). The molecule has 4 aliphatic heterocycles. The van der Waals surface area contributed by atoms with E-state index in [4.69, 9.17) is 0 Å². The molecule has 0 aliphatic carbocycles. The van der Waals surface area contributed by atoms with Crippen LogP contribution in [0.1, 0.15) is 74.7 Å². The fourth-order valence-corrected chi connectivity index (χ4v) is 6.68. The van der Waals surface area contributed by atoms with Crippen LogP contribution in [-0.2, 0) is 19.2 Å². The molecule has 4 heterocycles. The van der Waals surface area contributed by atoms with Gasteiger partial charge in [0.15, 0.2) is 11.6 Å². The van der Waals surface area contributed by atoms with Gasteiger partial charge in [-0.2, -0.15) is 0 Å². The molecule has 2 amide bonds. The number of nitrogens with one attached hydrogen (secondary N) is 2. The van der Waals surface area contributed by atoms with E-state index in [9.17, 15) is 29.4 Å². The largest absolute Gasteiger partial charge is 0.391 e. The maximum absolute atomic E-state index is 14.0. The summed E-state index contributed by atoms with van der Waals surface area (Å²) in [6, 6.07) is -0.694. The van der Waals surface area contributed by atoms with Crippen molar-refractivity contribution in [1.29, 1.82) is 0 Å². The first-order valence-corrected chi connectivity index (χ1v) is 13.5. The van der Waals surface area contributed by atoms with Crippen molar-refractivity contribution in [2.75, 3.05) is 0 Å². The zero-order valence-corrected chi connectivity index (χ0v) is 24.0. The maximum atomic E-state index is 14.0. The summed E-state index contributed by atoms with van der Waals surface area (Å²) in [6.07, 6.45) is 1.48. The Balaban J connectivity index is 1.86. The molecular formula is C29H40N4O6. The van der Waals surface area contributed by atoms with Crippen molar-refractivity contribution in [1.82, 2.24) is 20.4 Å². The number of carbonyl (C=O) groups excluding carboxylic acids is 4. The van der Waals surface area contributed by atoms with Crippen LogP contribution in [0.5, 0.6) is 0 Å². The average molecular weight is 541 g/mol. The fraction of sp³-hybridized carbons (Fsp3) is 0.586. The molecule has 0 spiro atoms. The Morgan fingerprint density at radius 2 is 1.38 bits per heavy atom. The summed E-state index contributed by atoms with van der Waals surface area (Å²) in [4.78, 5) is 57.1. The molecule has 6 unspecified atom stereocenters. The Labute approximate surface area is 229 Å². The highest BCUT2D eigenvalue weighted by Crippen LogP contribution is 2.49. The Morgan fingerprint density at radius 3 is 1.90 bits per heavy atom. The minimum absolute atomic E-state index is 0.146. The van der Waals surface area contributed by atoms with E-state index in [1.807, 2.05) is 6.92 Å². The van der Waals surface area contributed by atoms with E-state index in [0.717, 1.165) is 11.1 Å². The van der Waals surface area contributed by atoms with Gasteiger partial charge in [-0.1, -0.05) is 11.1 Å². The van der Waals surface area contributed by atoms with Gasteiger partial charge in [-0.25, -0.2) is 0 Å². The van der Waals surface area contributed by atoms with E-state index in [2.05, 4.69) is 10.6 Å². The van der Waals surface area contributed by atoms with Gasteiger partial charge in [0.2, 0.25) is 11.8 Å². The molecule has 212 valence electrons. The van der Waals surface area contributed by atoms with E-state index >= 15 is 0 Å². The minimum Gasteiger partial charge on any atom is -0.391 e. The molecule has 0 aromatic rings. The van der Waals surface area contributed by atoms with Crippen molar-refractivity contribution in [3.8, 4) is 0 Å². The molecule has 2 saturated heterocycles. The Morgan fingerprint density at radius 1 is 0.897 bits per heavy atom. The van der Waals surface area contributed by atoms with Gasteiger partial charge in [0.05, 0.1) is 18.2 Å². The highest BCUT2D eigenvalue weighted by atomic mass is 16.3. The van der Waals surface area contributed by atoms with Gasteiger partial charge in [0, 0.05) is 42.2 Å². The normalized spacial score (nSPS) is 33.5. The number of carbonyl (C=O) groups is 4. The summed E-state index contributed by atoms with van der Waals surface area (Å²) in [5.74, 6) is -0.966. The molecule has 39 heavy (non-hydrogen) atoms. The molecule has 4 aliphatic rings. The van der Waals surface area contributed by atoms with Crippen LogP contribution in [0.25, 0.3) is 0 Å². The van der Waals surface area contributed by atoms with Crippen LogP contribution in [0.3, 0.4) is 0 Å². The molecule has 6 atom stereocenters. The number of hydrogen-bond acceptors (Lipinski definition) is 8. The second kappa shape index (κ2) is 9.75. The molecule has 10 nitrogen and oxygen atoms in total. The van der Waals surface area contributed by atoms with Crippen LogP contribution in [0.4, 0.5) is 0 Å². The summed E-state index contributed by atoms with van der Waals surface area (Å²) in [5.41, 5.74) is -0.409. The van der Waals surface area contributed by atoms with Gasteiger partial charge < -0.3 is 30.6 Å². The molecule has 0 radical (unpaired) electrons. The van der Waals surface area contributed by atoms with Crippen molar-refractivity contribution in [2.45, 2.75) is 110 Å². The van der Waals surface area contributed by atoms with E-state index in [0.29, 0.717) is 6.42 Å². The van der Waals surface area contributed by atoms with Gasteiger partial charge in [-0.05, 0) is 61.8 Å². The first kappa shape index (κ1) is 28.8. The number of Topliss-reactive ketones (excluding diaryl/α,β-unsaturated/α-hetero) is 2. The van der Waals surface area contributed by atoms with Gasteiger partial charge >= 0.3 is 0 Å². The number of nitrogens with zero attached hydrogens (tertiary/aromatic N) is 2. The molecule has 0 aromatic carbocycles. The third-order valence-electron chi connectivity index (χ3n) is 8.48. The van der Waals surface area contributed by atoms with Crippen LogP contribution in [0, 0.1) is 0 Å². The van der Waals surface area contributed by atoms with Crippen LogP contribution in [-0.4, -0.2) is 78.8 Å². The monoisotopic (exact) mass is 540 g/mol. The van der Waals surface area contributed by atoms with Crippen LogP contribution >= 0.6 is 0 Å². The smallest absolute Gasteiger partial charge is 0.249 e. The van der Waals surface area contributed by atoms with E-state index in [-0.39, 0.29) is 53.2 Å². The van der Waals surface area contributed by atoms with Gasteiger partial charge in [0.25, 0.3) is 0 Å². The maximum Gasteiger partial charge on any atom is 0.249 e. The number of hydrogen-bond donors (Lipinski definition) is 4. The topological polar surface area (TPSA) is 139 Å². The third kappa shape index (κ3) is 4.43. The predicted octanol–water partition coefficient (Wildman–Crippen LogP) is 1.56. The highest BCUT2D eigenvalue weighted by Gasteiger charge is 2.62. The zero-order chi connectivity index (χ0) is 29.2. The Kier molecular flexibility index (Phi) is 7.19. The molecule has 10 heteroatoms. The first-order chi connectivity index (χ1) is 18.0. The second-order valence-corrected chi connectivity index (χ2v) is 12.2. The fourth-order valence-electron chi connectivity index (χ4n) is 6.68. The summed E-state index contributed by atoms with van der Waals surface area (Å²) < 4.78 is 0. The zero-order valence-electron chi connectivity index (χ0n) is 24.0. The van der Waals surface area contributed by atoms with Crippen molar-refractivity contribution in [2.24, 2.45) is 0 Å². The summed E-state index contributed by atoms with van der Waals surface area (Å²) >= 11 is 0. The van der Waals surface area contributed by atoms with Crippen LogP contribution in [0.15, 0.2) is 46.1 Å². The van der Waals surface area contributed by atoms with Crippen molar-refractivity contribution in [3.05, 3.63) is 46.1 Å². The van der Waals surface area contributed by atoms with E-state index in [1.54, 1.807) is 58.3 Å². The first-order valence-electron chi connectivity index (χ1n) is 13.5. The Hall–Kier alpha value is -3.24. The van der Waals surface area contributed by atoms with Gasteiger partial charge in [0.1, 0.15) is 22.7 Å². The van der Waals surface area contributed by atoms with Crippen LogP contribution in [0.2, 0.25) is 0 Å². The summed E-state index contributed by atoms with van der Waals surface area (Å²) in [5, 5.41) is 27.3. The lowest BCUT2D eigenvalue weighted by Gasteiger charge is -2.34. The highest BCUT2D eigenvalue weighted by molar-refractivity contribution is 6.12. The lowest BCUT2D eigenvalue weighted by atomic mass is 9.85. The number of aliphatic hydroxyl groups is 2. The number of aliphatic hydroxyl groups excluding tert-OH is 2. The van der Waals surface area contributed by atoms with Gasteiger partial charge in [-0.3, -0.25) is 19.2 Å². The number of amides is 2. The van der Waals surface area contributed by atoms with Crippen LogP contribution < -0.4 is 10.6 Å². The molecule has 4 N–H and O–H groups in total. The van der Waals surface area contributed by atoms with Crippen molar-refractivity contribution in [3.63, 3.8) is 0 Å². The molecule has 2 fully saturated rings. The molecule has 0 saturated carbocycles. The lowest BCUT2D eigenvalue weighted by molar-refractivity contribution is -0.126. The average Bonchev–Trinajstić information content (AvgIpc) is 3.33. The quantitative estimate of drug-likeness (QED) is 0.372. The number of rotatable bonds is 6. The second-order valence-electron chi connectivity index (χ2n) is 12.2. The molecule has 0 bridgehead atoms. The molecular weight excluding hydrogens is 500 g/mol. The number of ketones is 2. The number of fused-ring (bicyclic) bond motifs is 2. The minimum atomic E-state index is -1.29. The summed E-state index contributed by atoms with van der Waals surface area (Å²) in [7, 11) is 0. The standard InChI is InChI=1S/C29H40N4O6/c1-14(2)9-22(36)30-26-19(25(39)29(8)21(35)11-16(5)32(26)29)12-18-24(38)28(7)13-20(34)17(6)33(28)27(18)31-23(37)10-15(3)4/h9-10,16-17,20-21,34-35H,11-13H2,1-8H3,(H,30,36)(H,31,37). The van der Waals surface area contributed by atoms with Crippen molar-refractivity contribution >= 4 is 23.4 Å². The van der Waals surface area contributed by atoms with Gasteiger partial charge in [-0.15, -0.1) is 0 Å². The Bertz CT molecular complexity index is 1270. The third-order valence-corrected chi connectivity index (χ3v) is 8.48. The SMILES string of the molecule is CC(C)=CC(=O)NC1=C(CC2=C(NC(=O)C=C(C)C)N3C(C)CC(O)C3(C)C2=O)C(=O)C2(C)CC(O)C(C)N12. The lowest BCUT2D eigenvalue weighted by Crippen LogP contribution is -2.52. The molecule has 0 aromatic heterocycles. The number of allylic oxidation sites excluding steroid dienone is 2. The van der Waals surface area contributed by atoms with Crippen molar-refractivity contribution < 1.29 is 29.4 Å². The van der Waals surface area contributed by atoms with E-state index < -0.39 is 41.1 Å². The van der Waals surface area contributed by atoms with E-state index in [1.165, 1.54) is 12.2 Å². The predicted molar refractivity (Wildman–Crippen MR) is 144 cm³/mol. The summed E-state index contributed by atoms with van der Waals surface area (Å²) in [6.45, 7) is 14.2.